The first kappa shape index (κ1) is 11.2. The third-order valence-electron chi connectivity index (χ3n) is 2.74. The third kappa shape index (κ3) is 3.09. The molecule has 2 heteroatoms. The molecular weight excluding hydrogens is 176 g/mol. The van der Waals surface area contributed by atoms with E-state index in [-0.39, 0.29) is 0 Å². The summed E-state index contributed by atoms with van der Waals surface area (Å²) in [5.74, 6) is 0.617. The lowest BCUT2D eigenvalue weighted by atomic mass is 9.92. The van der Waals surface area contributed by atoms with Crippen molar-refractivity contribution in [2.45, 2.75) is 39.2 Å². The number of rotatable bonds is 5. The molecule has 0 N–H and O–H groups in total. The fraction of sp³-hybridized carbons (Fsp3) is 0.667. The summed E-state index contributed by atoms with van der Waals surface area (Å²) in [6.45, 7) is 4.29. The minimum atomic E-state index is 0.362. The molecule has 0 aromatic heterocycles. The van der Waals surface area contributed by atoms with Crippen LogP contribution in [0.5, 0.6) is 0 Å². The standard InChI is InChI=1S/C12H20O2/c1-10-9-14-11(2)12(10)7-5-4-6-8-13-3/h6,8-9,11-12H,4-5,7H2,1-3H3/t11-,12+/m1/s1. The van der Waals surface area contributed by atoms with Gasteiger partial charge >= 0.3 is 0 Å². The van der Waals surface area contributed by atoms with Crippen molar-refractivity contribution in [2.75, 3.05) is 7.11 Å². The van der Waals surface area contributed by atoms with Crippen molar-refractivity contribution in [1.82, 2.24) is 0 Å². The normalized spacial score (nSPS) is 26.4. The van der Waals surface area contributed by atoms with Gasteiger partial charge < -0.3 is 9.47 Å². The van der Waals surface area contributed by atoms with E-state index in [2.05, 4.69) is 19.9 Å². The SMILES string of the molecule is COC=CCCC[C@H]1C(C)=CO[C@@H]1C. The molecule has 1 heterocycles. The van der Waals surface area contributed by atoms with Gasteiger partial charge in [0.25, 0.3) is 0 Å². The van der Waals surface area contributed by atoms with Crippen LogP contribution in [0.3, 0.4) is 0 Å². The van der Waals surface area contributed by atoms with Crippen molar-refractivity contribution in [1.29, 1.82) is 0 Å². The Morgan fingerprint density at radius 1 is 1.57 bits per heavy atom. The molecule has 1 rings (SSSR count). The Kier molecular flexibility index (Phi) is 4.57. The van der Waals surface area contributed by atoms with Gasteiger partial charge in [-0.1, -0.05) is 0 Å². The predicted molar refractivity (Wildman–Crippen MR) is 57.8 cm³/mol. The van der Waals surface area contributed by atoms with Crippen LogP contribution in [0, 0.1) is 5.92 Å². The van der Waals surface area contributed by atoms with Gasteiger partial charge in [-0.25, -0.2) is 0 Å². The van der Waals surface area contributed by atoms with Gasteiger partial charge in [0.15, 0.2) is 0 Å². The molecule has 2 atom stereocenters. The van der Waals surface area contributed by atoms with E-state index in [1.165, 1.54) is 18.4 Å². The number of methoxy groups -OCH3 is 1. The zero-order valence-electron chi connectivity index (χ0n) is 9.32. The smallest absolute Gasteiger partial charge is 0.102 e. The second-order valence-electron chi connectivity index (χ2n) is 3.85. The first-order chi connectivity index (χ1) is 6.75. The highest BCUT2D eigenvalue weighted by molar-refractivity contribution is 5.07. The molecule has 1 aliphatic heterocycles. The van der Waals surface area contributed by atoms with Crippen LogP contribution < -0.4 is 0 Å². The summed E-state index contributed by atoms with van der Waals surface area (Å²) in [6.07, 6.45) is 9.57. The molecule has 0 aromatic rings. The first-order valence-corrected chi connectivity index (χ1v) is 5.25. The molecule has 0 saturated heterocycles. The monoisotopic (exact) mass is 196 g/mol. The summed E-state index contributed by atoms with van der Waals surface area (Å²) in [5.41, 5.74) is 1.38. The molecule has 0 fully saturated rings. The molecule has 0 aromatic carbocycles. The summed E-state index contributed by atoms with van der Waals surface area (Å²) < 4.78 is 10.3. The highest BCUT2D eigenvalue weighted by Crippen LogP contribution is 2.29. The average Bonchev–Trinajstić information content (AvgIpc) is 2.48. The summed E-state index contributed by atoms with van der Waals surface area (Å²) in [5, 5.41) is 0. The van der Waals surface area contributed by atoms with E-state index in [0.717, 1.165) is 6.42 Å². The van der Waals surface area contributed by atoms with Gasteiger partial charge in [-0.2, -0.15) is 0 Å². The minimum Gasteiger partial charge on any atom is -0.505 e. The Morgan fingerprint density at radius 2 is 2.36 bits per heavy atom. The largest absolute Gasteiger partial charge is 0.505 e. The molecule has 0 bridgehead atoms. The van der Waals surface area contributed by atoms with E-state index in [1.807, 2.05) is 6.26 Å². The fourth-order valence-corrected chi connectivity index (χ4v) is 1.85. The quantitative estimate of drug-likeness (QED) is 0.496. The molecule has 1 aliphatic rings. The van der Waals surface area contributed by atoms with Crippen LogP contribution >= 0.6 is 0 Å². The van der Waals surface area contributed by atoms with Gasteiger partial charge in [-0.15, -0.1) is 0 Å². The maximum absolute atomic E-state index is 5.45. The van der Waals surface area contributed by atoms with Crippen molar-refractivity contribution >= 4 is 0 Å². The summed E-state index contributed by atoms with van der Waals surface area (Å²) >= 11 is 0. The van der Waals surface area contributed by atoms with Gasteiger partial charge in [0, 0.05) is 5.92 Å². The van der Waals surface area contributed by atoms with Crippen molar-refractivity contribution in [3.8, 4) is 0 Å². The molecule has 0 unspecified atom stereocenters. The fourth-order valence-electron chi connectivity index (χ4n) is 1.85. The maximum Gasteiger partial charge on any atom is 0.102 e. The van der Waals surface area contributed by atoms with Gasteiger partial charge in [0.2, 0.25) is 0 Å². The van der Waals surface area contributed by atoms with Crippen LogP contribution in [0.2, 0.25) is 0 Å². The van der Waals surface area contributed by atoms with Gasteiger partial charge in [0.1, 0.15) is 6.10 Å². The molecule has 0 amide bonds. The molecule has 14 heavy (non-hydrogen) atoms. The van der Waals surface area contributed by atoms with E-state index in [9.17, 15) is 0 Å². The number of unbranched alkanes of at least 4 members (excludes halogenated alkanes) is 1. The highest BCUT2D eigenvalue weighted by Gasteiger charge is 2.24. The average molecular weight is 196 g/mol. The predicted octanol–water partition coefficient (Wildman–Crippen LogP) is 3.26. The van der Waals surface area contributed by atoms with Crippen molar-refractivity contribution in [3.63, 3.8) is 0 Å². The van der Waals surface area contributed by atoms with Crippen LogP contribution in [-0.2, 0) is 9.47 Å². The van der Waals surface area contributed by atoms with Gasteiger partial charge in [-0.05, 0) is 44.8 Å². The molecule has 0 radical (unpaired) electrons. The lowest BCUT2D eigenvalue weighted by molar-refractivity contribution is 0.147. The van der Waals surface area contributed by atoms with Crippen molar-refractivity contribution in [3.05, 3.63) is 24.2 Å². The Labute approximate surface area is 86.6 Å². The maximum atomic E-state index is 5.45. The second-order valence-corrected chi connectivity index (χ2v) is 3.85. The van der Waals surface area contributed by atoms with E-state index < -0.39 is 0 Å². The van der Waals surface area contributed by atoms with Crippen molar-refractivity contribution in [2.24, 2.45) is 5.92 Å². The first-order valence-electron chi connectivity index (χ1n) is 5.25. The summed E-state index contributed by atoms with van der Waals surface area (Å²) in [4.78, 5) is 0. The number of hydrogen-bond acceptors (Lipinski definition) is 2. The summed E-state index contributed by atoms with van der Waals surface area (Å²) in [6, 6.07) is 0. The number of ether oxygens (including phenoxy) is 2. The van der Waals surface area contributed by atoms with Crippen LogP contribution in [0.4, 0.5) is 0 Å². The Bertz CT molecular complexity index is 218. The molecule has 0 aliphatic carbocycles. The van der Waals surface area contributed by atoms with Crippen LogP contribution in [0.1, 0.15) is 33.1 Å². The molecule has 0 saturated carbocycles. The van der Waals surface area contributed by atoms with Crippen LogP contribution in [-0.4, -0.2) is 13.2 Å². The topological polar surface area (TPSA) is 18.5 Å². The second kappa shape index (κ2) is 5.74. The molecular formula is C12H20O2. The zero-order valence-corrected chi connectivity index (χ0v) is 9.32. The summed E-state index contributed by atoms with van der Waals surface area (Å²) in [7, 11) is 1.68. The van der Waals surface area contributed by atoms with Gasteiger partial charge in [-0.3, -0.25) is 0 Å². The minimum absolute atomic E-state index is 0.362. The van der Waals surface area contributed by atoms with Crippen LogP contribution in [0.25, 0.3) is 0 Å². The number of hydrogen-bond donors (Lipinski definition) is 0. The van der Waals surface area contributed by atoms with E-state index in [0.29, 0.717) is 12.0 Å². The number of allylic oxidation sites excluding steroid dienone is 1. The van der Waals surface area contributed by atoms with Crippen molar-refractivity contribution < 1.29 is 9.47 Å². The lowest BCUT2D eigenvalue weighted by Gasteiger charge is -2.15. The van der Waals surface area contributed by atoms with Crippen LogP contribution in [0.15, 0.2) is 24.2 Å². The van der Waals surface area contributed by atoms with Gasteiger partial charge in [0.05, 0.1) is 19.6 Å². The zero-order chi connectivity index (χ0) is 10.4. The Morgan fingerprint density at radius 3 is 2.93 bits per heavy atom. The van der Waals surface area contributed by atoms with E-state index in [4.69, 9.17) is 9.47 Å². The highest BCUT2D eigenvalue weighted by atomic mass is 16.5. The Hall–Kier alpha value is -0.920. The van der Waals surface area contributed by atoms with E-state index >= 15 is 0 Å². The molecule has 0 spiro atoms. The third-order valence-corrected chi connectivity index (χ3v) is 2.74. The molecule has 80 valence electrons. The molecule has 2 nitrogen and oxygen atoms in total. The van der Waals surface area contributed by atoms with E-state index in [1.54, 1.807) is 13.4 Å². The lowest BCUT2D eigenvalue weighted by Crippen LogP contribution is -2.13. The Balaban J connectivity index is 2.18.